The average Bonchev–Trinajstić information content (AvgIpc) is 2.07. The standard InChI is InChI=1S/C7H2Cl2FNO2S/c8-5-2-1-4(3-11)7(6(5)10)14(9,12)13/h1-2H. The number of hydrogen-bond acceptors (Lipinski definition) is 3. The Morgan fingerprint density at radius 3 is 2.43 bits per heavy atom. The fourth-order valence-corrected chi connectivity index (χ4v) is 2.22. The molecule has 0 aromatic heterocycles. The minimum Gasteiger partial charge on any atom is -0.207 e. The largest absolute Gasteiger partial charge is 0.265 e. The predicted molar refractivity (Wildman–Crippen MR) is 49.2 cm³/mol. The Morgan fingerprint density at radius 2 is 2.00 bits per heavy atom. The summed E-state index contributed by atoms with van der Waals surface area (Å²) in [5.74, 6) is -1.21. The second kappa shape index (κ2) is 3.73. The van der Waals surface area contributed by atoms with E-state index in [1.54, 1.807) is 0 Å². The van der Waals surface area contributed by atoms with E-state index in [4.69, 9.17) is 27.5 Å². The van der Waals surface area contributed by atoms with Gasteiger partial charge in [0.1, 0.15) is 11.0 Å². The molecule has 0 aliphatic rings. The summed E-state index contributed by atoms with van der Waals surface area (Å²) in [6, 6.07) is 3.68. The van der Waals surface area contributed by atoms with Crippen LogP contribution < -0.4 is 0 Å². The first kappa shape index (κ1) is 11.2. The van der Waals surface area contributed by atoms with Gasteiger partial charge in [0.05, 0.1) is 10.6 Å². The molecule has 7 heteroatoms. The fourth-order valence-electron chi connectivity index (χ4n) is 0.858. The number of benzene rings is 1. The highest BCUT2D eigenvalue weighted by atomic mass is 35.7. The zero-order valence-corrected chi connectivity index (χ0v) is 8.79. The molecule has 0 saturated heterocycles. The summed E-state index contributed by atoms with van der Waals surface area (Å²) < 4.78 is 35.0. The van der Waals surface area contributed by atoms with E-state index in [1.165, 1.54) is 6.07 Å². The SMILES string of the molecule is N#Cc1ccc(Cl)c(F)c1S(=O)(=O)Cl. The van der Waals surface area contributed by atoms with Gasteiger partial charge in [0, 0.05) is 10.7 Å². The summed E-state index contributed by atoms with van der Waals surface area (Å²) in [5, 5.41) is 8.11. The Balaban J connectivity index is 3.72. The summed E-state index contributed by atoms with van der Waals surface area (Å²) in [6.45, 7) is 0. The fraction of sp³-hybridized carbons (Fsp3) is 0. The van der Waals surface area contributed by atoms with E-state index in [9.17, 15) is 12.8 Å². The van der Waals surface area contributed by atoms with Gasteiger partial charge in [-0.3, -0.25) is 0 Å². The van der Waals surface area contributed by atoms with Crippen LogP contribution in [0.5, 0.6) is 0 Å². The average molecular weight is 254 g/mol. The molecule has 0 spiro atoms. The molecule has 3 nitrogen and oxygen atoms in total. The Labute approximate surface area is 89.1 Å². The van der Waals surface area contributed by atoms with Gasteiger partial charge < -0.3 is 0 Å². The van der Waals surface area contributed by atoms with Crippen molar-refractivity contribution in [1.82, 2.24) is 0 Å². The third kappa shape index (κ3) is 1.98. The van der Waals surface area contributed by atoms with Crippen molar-refractivity contribution < 1.29 is 12.8 Å². The van der Waals surface area contributed by atoms with E-state index in [1.807, 2.05) is 0 Å². The van der Waals surface area contributed by atoms with Crippen LogP contribution in [0.4, 0.5) is 4.39 Å². The second-order valence-electron chi connectivity index (χ2n) is 2.29. The first-order chi connectivity index (χ1) is 6.38. The second-order valence-corrected chi connectivity index (χ2v) is 5.20. The molecule has 1 aromatic carbocycles. The van der Waals surface area contributed by atoms with Crippen LogP contribution in [0.3, 0.4) is 0 Å². The van der Waals surface area contributed by atoms with Crippen LogP contribution in [0.2, 0.25) is 5.02 Å². The van der Waals surface area contributed by atoms with Crippen molar-refractivity contribution in [3.63, 3.8) is 0 Å². The molecule has 0 aliphatic heterocycles. The van der Waals surface area contributed by atoms with E-state index >= 15 is 0 Å². The normalized spacial score (nSPS) is 11.0. The molecule has 0 unspecified atom stereocenters. The summed E-state index contributed by atoms with van der Waals surface area (Å²) in [7, 11) is 0.634. The van der Waals surface area contributed by atoms with Crippen molar-refractivity contribution in [2.45, 2.75) is 4.90 Å². The lowest BCUT2D eigenvalue weighted by Gasteiger charge is -2.02. The summed E-state index contributed by atoms with van der Waals surface area (Å²) in [5.41, 5.74) is -0.373. The zero-order chi connectivity index (χ0) is 10.9. The highest BCUT2D eigenvalue weighted by Gasteiger charge is 2.23. The van der Waals surface area contributed by atoms with Crippen LogP contribution in [0.25, 0.3) is 0 Å². The number of halogens is 3. The van der Waals surface area contributed by atoms with Crippen molar-refractivity contribution in [3.05, 3.63) is 28.5 Å². The smallest absolute Gasteiger partial charge is 0.207 e. The summed E-state index contributed by atoms with van der Waals surface area (Å²) >= 11 is 5.34. The molecule has 0 saturated carbocycles. The molecule has 0 heterocycles. The van der Waals surface area contributed by atoms with E-state index in [0.717, 1.165) is 12.1 Å². The van der Waals surface area contributed by atoms with Crippen LogP contribution >= 0.6 is 22.3 Å². The van der Waals surface area contributed by atoms with Crippen molar-refractivity contribution in [3.8, 4) is 6.07 Å². The van der Waals surface area contributed by atoms with Gasteiger partial charge in [-0.25, -0.2) is 12.8 Å². The zero-order valence-electron chi connectivity index (χ0n) is 6.46. The molecule has 0 N–H and O–H groups in total. The third-order valence-electron chi connectivity index (χ3n) is 1.41. The van der Waals surface area contributed by atoms with Crippen molar-refractivity contribution in [1.29, 1.82) is 5.26 Å². The highest BCUT2D eigenvalue weighted by molar-refractivity contribution is 8.13. The molecule has 1 rings (SSSR count). The maximum atomic E-state index is 13.2. The van der Waals surface area contributed by atoms with Gasteiger partial charge in [-0.15, -0.1) is 0 Å². The number of rotatable bonds is 1. The van der Waals surface area contributed by atoms with Gasteiger partial charge in [0.15, 0.2) is 5.82 Å². The highest BCUT2D eigenvalue weighted by Crippen LogP contribution is 2.27. The monoisotopic (exact) mass is 253 g/mol. The van der Waals surface area contributed by atoms with Gasteiger partial charge in [-0.1, -0.05) is 11.6 Å². The Kier molecular flexibility index (Phi) is 3.00. The van der Waals surface area contributed by atoms with E-state index in [-0.39, 0.29) is 5.56 Å². The van der Waals surface area contributed by atoms with E-state index in [2.05, 4.69) is 0 Å². The number of nitrogens with zero attached hydrogens (tertiary/aromatic N) is 1. The molecule has 0 atom stereocenters. The topological polar surface area (TPSA) is 57.9 Å². The van der Waals surface area contributed by atoms with Gasteiger partial charge in [0.25, 0.3) is 9.05 Å². The predicted octanol–water partition coefficient (Wildman–Crippen LogP) is 2.28. The molecule has 0 radical (unpaired) electrons. The van der Waals surface area contributed by atoms with Crippen LogP contribution in [0.15, 0.2) is 17.0 Å². The van der Waals surface area contributed by atoms with Crippen LogP contribution in [-0.2, 0) is 9.05 Å². The first-order valence-corrected chi connectivity index (χ1v) is 5.89. The Hall–Kier alpha value is -0.830. The summed E-state index contributed by atoms with van der Waals surface area (Å²) in [6.07, 6.45) is 0. The van der Waals surface area contributed by atoms with E-state index in [0.29, 0.717) is 0 Å². The molecule has 14 heavy (non-hydrogen) atoms. The lowest BCUT2D eigenvalue weighted by Crippen LogP contribution is -2.00. The molecule has 74 valence electrons. The van der Waals surface area contributed by atoms with E-state index < -0.39 is 24.8 Å². The maximum absolute atomic E-state index is 13.2. The van der Waals surface area contributed by atoms with Gasteiger partial charge >= 0.3 is 0 Å². The van der Waals surface area contributed by atoms with Gasteiger partial charge in [-0.2, -0.15) is 5.26 Å². The Bertz CT molecular complexity index is 521. The minimum absolute atomic E-state index is 0.373. The van der Waals surface area contributed by atoms with Crippen LogP contribution in [-0.4, -0.2) is 8.42 Å². The van der Waals surface area contributed by atoms with Crippen molar-refractivity contribution >= 4 is 31.3 Å². The third-order valence-corrected chi connectivity index (χ3v) is 3.06. The van der Waals surface area contributed by atoms with Gasteiger partial charge in [0.2, 0.25) is 0 Å². The lowest BCUT2D eigenvalue weighted by atomic mass is 10.2. The molecule has 1 aromatic rings. The quantitative estimate of drug-likeness (QED) is 0.722. The van der Waals surface area contributed by atoms with Crippen molar-refractivity contribution in [2.24, 2.45) is 0 Å². The summed E-state index contributed by atoms with van der Waals surface area (Å²) in [4.78, 5) is -0.880. The molecule has 0 amide bonds. The van der Waals surface area contributed by atoms with Crippen molar-refractivity contribution in [2.75, 3.05) is 0 Å². The molecule has 0 bridgehead atoms. The maximum Gasteiger partial charge on any atom is 0.265 e. The van der Waals surface area contributed by atoms with Crippen LogP contribution in [0, 0.1) is 17.1 Å². The Morgan fingerprint density at radius 1 is 1.43 bits per heavy atom. The number of nitriles is 1. The minimum atomic E-state index is -4.31. The van der Waals surface area contributed by atoms with Gasteiger partial charge in [-0.05, 0) is 12.1 Å². The molecular weight excluding hydrogens is 252 g/mol. The number of hydrogen-bond donors (Lipinski definition) is 0. The molecular formula is C7H2Cl2FNO2S. The molecule has 0 fully saturated rings. The lowest BCUT2D eigenvalue weighted by molar-refractivity contribution is 0.575. The van der Waals surface area contributed by atoms with Crippen LogP contribution in [0.1, 0.15) is 5.56 Å². The molecule has 0 aliphatic carbocycles. The first-order valence-electron chi connectivity index (χ1n) is 3.20.